The quantitative estimate of drug-likeness (QED) is 0.533. The van der Waals surface area contributed by atoms with Crippen molar-refractivity contribution in [1.82, 2.24) is 29.9 Å². The highest BCUT2D eigenvalue weighted by atomic mass is 16.1. The summed E-state index contributed by atoms with van der Waals surface area (Å²) in [5.41, 5.74) is 5.06. The lowest BCUT2D eigenvalue weighted by Gasteiger charge is -2.15. The van der Waals surface area contributed by atoms with Gasteiger partial charge in [0.05, 0.1) is 28.9 Å². The third-order valence-corrected chi connectivity index (χ3v) is 5.17. The zero-order valence-corrected chi connectivity index (χ0v) is 17.8. The Morgan fingerprint density at radius 3 is 2.63 bits per heavy atom. The molecule has 4 aromatic rings. The lowest BCUT2D eigenvalue weighted by Crippen LogP contribution is -2.36. The number of carbonyl (C=O) groups excluding carboxylic acids is 1. The van der Waals surface area contributed by atoms with E-state index in [1.54, 1.807) is 6.20 Å². The first-order valence-corrected chi connectivity index (χ1v) is 10.2. The van der Waals surface area contributed by atoms with Gasteiger partial charge >= 0.3 is 0 Å². The lowest BCUT2D eigenvalue weighted by atomic mass is 10.0. The molecule has 7 nitrogen and oxygen atoms in total. The number of carbonyl (C=O) groups is 1. The molecule has 7 heteroatoms. The Bertz CT molecular complexity index is 1170. The molecule has 0 saturated heterocycles. The average Bonchev–Trinajstić information content (AvgIpc) is 3.35. The molecule has 0 fully saturated rings. The second-order valence-electron chi connectivity index (χ2n) is 7.62. The van der Waals surface area contributed by atoms with E-state index < -0.39 is 0 Å². The van der Waals surface area contributed by atoms with Gasteiger partial charge in [-0.15, -0.1) is 0 Å². The van der Waals surface area contributed by atoms with Crippen LogP contribution in [0.1, 0.15) is 35.5 Å². The minimum Gasteiger partial charge on any atom is -0.348 e. The van der Waals surface area contributed by atoms with Gasteiger partial charge in [0.25, 0.3) is 5.91 Å². The highest BCUT2D eigenvalue weighted by Crippen LogP contribution is 2.27. The van der Waals surface area contributed by atoms with Gasteiger partial charge in [-0.2, -0.15) is 10.2 Å². The van der Waals surface area contributed by atoms with Gasteiger partial charge in [-0.3, -0.25) is 9.48 Å². The maximum atomic E-state index is 13.3. The van der Waals surface area contributed by atoms with Crippen molar-refractivity contribution in [3.63, 3.8) is 0 Å². The number of benzene rings is 1. The molecule has 0 aliphatic heterocycles. The molecule has 1 N–H and O–H groups in total. The molecule has 0 spiro atoms. The van der Waals surface area contributed by atoms with Gasteiger partial charge in [0, 0.05) is 30.5 Å². The summed E-state index contributed by atoms with van der Waals surface area (Å²) in [5, 5.41) is 12.7. The molecular formula is C23H26N6O. The van der Waals surface area contributed by atoms with Crippen LogP contribution in [0.15, 0.2) is 48.8 Å². The largest absolute Gasteiger partial charge is 0.348 e. The van der Waals surface area contributed by atoms with Crippen LogP contribution in [0.5, 0.6) is 0 Å². The van der Waals surface area contributed by atoms with Gasteiger partial charge in [0.2, 0.25) is 0 Å². The van der Waals surface area contributed by atoms with Crippen LogP contribution in [0.4, 0.5) is 0 Å². The highest BCUT2D eigenvalue weighted by Gasteiger charge is 2.21. The van der Waals surface area contributed by atoms with Crippen molar-refractivity contribution in [2.24, 2.45) is 0 Å². The minimum absolute atomic E-state index is 0.0787. The molecular weight excluding hydrogens is 376 g/mol. The van der Waals surface area contributed by atoms with Crippen molar-refractivity contribution < 1.29 is 4.79 Å². The van der Waals surface area contributed by atoms with Crippen LogP contribution in [-0.4, -0.2) is 36.5 Å². The molecule has 1 atom stereocenters. The number of hydrogen-bond acceptors (Lipinski definition) is 4. The Morgan fingerprint density at radius 1 is 1.20 bits per heavy atom. The zero-order valence-electron chi connectivity index (χ0n) is 17.8. The summed E-state index contributed by atoms with van der Waals surface area (Å²) < 4.78 is 3.66. The smallest absolute Gasteiger partial charge is 0.252 e. The van der Waals surface area contributed by atoms with Gasteiger partial charge in [-0.25, -0.2) is 9.67 Å². The first kappa shape index (κ1) is 19.8. The number of pyridine rings is 1. The molecule has 30 heavy (non-hydrogen) atoms. The zero-order chi connectivity index (χ0) is 21.3. The van der Waals surface area contributed by atoms with Crippen LogP contribution in [0, 0.1) is 13.8 Å². The van der Waals surface area contributed by atoms with Crippen molar-refractivity contribution in [2.75, 3.05) is 0 Å². The van der Waals surface area contributed by atoms with Crippen LogP contribution in [0.25, 0.3) is 22.3 Å². The van der Waals surface area contributed by atoms with Crippen LogP contribution in [-0.2, 0) is 13.1 Å². The second kappa shape index (κ2) is 8.10. The molecule has 0 radical (unpaired) electrons. The molecule has 0 unspecified atom stereocenters. The topological polar surface area (TPSA) is 77.6 Å². The molecule has 3 heterocycles. The highest BCUT2D eigenvalue weighted by molar-refractivity contribution is 6.07. The monoisotopic (exact) mass is 402 g/mol. The fourth-order valence-electron chi connectivity index (χ4n) is 3.66. The van der Waals surface area contributed by atoms with E-state index in [4.69, 9.17) is 4.98 Å². The SMILES string of the molecule is CCn1nc(C)c2c(C(=O)N[C@@H](C)Cn3cccn3)cc(-c3ccc(C)cc3)nc21. The number of fused-ring (bicyclic) bond motifs is 1. The number of nitrogens with zero attached hydrogens (tertiary/aromatic N) is 5. The van der Waals surface area contributed by atoms with Crippen molar-refractivity contribution in [1.29, 1.82) is 0 Å². The number of hydrogen-bond donors (Lipinski definition) is 1. The summed E-state index contributed by atoms with van der Waals surface area (Å²) in [7, 11) is 0. The molecule has 3 aromatic heterocycles. The third-order valence-electron chi connectivity index (χ3n) is 5.17. The van der Waals surface area contributed by atoms with Crippen molar-refractivity contribution in [2.45, 2.75) is 46.8 Å². The van der Waals surface area contributed by atoms with Crippen LogP contribution in [0.3, 0.4) is 0 Å². The van der Waals surface area contributed by atoms with E-state index in [0.717, 1.165) is 28.0 Å². The molecule has 1 amide bonds. The van der Waals surface area contributed by atoms with Gasteiger partial charge < -0.3 is 5.32 Å². The van der Waals surface area contributed by atoms with E-state index in [2.05, 4.69) is 34.6 Å². The summed E-state index contributed by atoms with van der Waals surface area (Å²) in [6.45, 7) is 9.26. The lowest BCUT2D eigenvalue weighted by molar-refractivity contribution is 0.0937. The molecule has 0 saturated carbocycles. The summed E-state index contributed by atoms with van der Waals surface area (Å²) >= 11 is 0. The van der Waals surface area contributed by atoms with Crippen LogP contribution >= 0.6 is 0 Å². The maximum Gasteiger partial charge on any atom is 0.252 e. The summed E-state index contributed by atoms with van der Waals surface area (Å²) in [5.74, 6) is -0.130. The average molecular weight is 403 g/mol. The predicted octanol–water partition coefficient (Wildman–Crippen LogP) is 3.75. The maximum absolute atomic E-state index is 13.3. The number of aryl methyl sites for hydroxylation is 3. The minimum atomic E-state index is -0.130. The Morgan fingerprint density at radius 2 is 1.97 bits per heavy atom. The predicted molar refractivity (Wildman–Crippen MR) is 117 cm³/mol. The molecule has 0 aliphatic carbocycles. The second-order valence-corrected chi connectivity index (χ2v) is 7.62. The first-order valence-electron chi connectivity index (χ1n) is 10.2. The van der Waals surface area contributed by atoms with Crippen LogP contribution in [0.2, 0.25) is 0 Å². The summed E-state index contributed by atoms with van der Waals surface area (Å²) in [4.78, 5) is 18.1. The van der Waals surface area contributed by atoms with Crippen molar-refractivity contribution >= 4 is 16.9 Å². The fourth-order valence-corrected chi connectivity index (χ4v) is 3.66. The van der Waals surface area contributed by atoms with E-state index in [9.17, 15) is 4.79 Å². The van der Waals surface area contributed by atoms with E-state index >= 15 is 0 Å². The number of rotatable bonds is 6. The van der Waals surface area contributed by atoms with E-state index in [1.807, 2.05) is 60.6 Å². The fraction of sp³-hybridized carbons (Fsp3) is 0.304. The standard InChI is InChI=1S/C23H26N6O/c1-5-29-22-21(17(4)27-29)19(13-20(26-22)18-9-7-15(2)8-10-18)23(30)25-16(3)14-28-12-6-11-24-28/h6-13,16H,5,14H2,1-4H3,(H,25,30)/t16-/m0/s1. The molecule has 1 aromatic carbocycles. The number of aromatic nitrogens is 5. The van der Waals surface area contributed by atoms with E-state index in [0.29, 0.717) is 18.7 Å². The number of amides is 1. The van der Waals surface area contributed by atoms with Crippen LogP contribution < -0.4 is 5.32 Å². The Balaban J connectivity index is 1.75. The van der Waals surface area contributed by atoms with Crippen molar-refractivity contribution in [3.05, 3.63) is 65.6 Å². The van der Waals surface area contributed by atoms with E-state index in [1.165, 1.54) is 5.56 Å². The first-order chi connectivity index (χ1) is 14.5. The Hall–Kier alpha value is -3.48. The van der Waals surface area contributed by atoms with Gasteiger partial charge in [0.1, 0.15) is 0 Å². The molecule has 154 valence electrons. The molecule has 4 rings (SSSR count). The third kappa shape index (κ3) is 3.83. The van der Waals surface area contributed by atoms with Gasteiger partial charge in [-0.1, -0.05) is 29.8 Å². The van der Waals surface area contributed by atoms with Gasteiger partial charge in [-0.05, 0) is 39.8 Å². The van der Waals surface area contributed by atoms with E-state index in [-0.39, 0.29) is 11.9 Å². The Labute approximate surface area is 175 Å². The summed E-state index contributed by atoms with van der Waals surface area (Å²) in [6.07, 6.45) is 3.62. The number of nitrogens with one attached hydrogen (secondary N) is 1. The van der Waals surface area contributed by atoms with Crippen molar-refractivity contribution in [3.8, 4) is 11.3 Å². The Kier molecular flexibility index (Phi) is 5.35. The summed E-state index contributed by atoms with van der Waals surface area (Å²) in [6, 6.07) is 11.8. The normalized spacial score (nSPS) is 12.3. The molecule has 0 bridgehead atoms. The molecule has 0 aliphatic rings. The van der Waals surface area contributed by atoms with Gasteiger partial charge in [0.15, 0.2) is 5.65 Å².